The van der Waals surface area contributed by atoms with Gasteiger partial charge in [0.2, 0.25) is 11.8 Å². The van der Waals surface area contributed by atoms with Gasteiger partial charge in [0, 0.05) is 21.3 Å². The Bertz CT molecular complexity index is 1260. The summed E-state index contributed by atoms with van der Waals surface area (Å²) >= 11 is 7.32. The predicted octanol–water partition coefficient (Wildman–Crippen LogP) is 6.42. The molecule has 0 radical (unpaired) electrons. The van der Waals surface area contributed by atoms with Gasteiger partial charge in [-0.25, -0.2) is 0 Å². The van der Waals surface area contributed by atoms with E-state index in [0.29, 0.717) is 29.2 Å². The van der Waals surface area contributed by atoms with E-state index in [1.807, 2.05) is 42.5 Å². The number of benzene rings is 3. The van der Waals surface area contributed by atoms with Crippen molar-refractivity contribution >= 4 is 52.5 Å². The summed E-state index contributed by atoms with van der Waals surface area (Å²) in [4.78, 5) is 38.5. The van der Waals surface area contributed by atoms with Crippen LogP contribution >= 0.6 is 23.4 Å². The van der Waals surface area contributed by atoms with Crippen molar-refractivity contribution in [3.63, 3.8) is 0 Å². The number of aliphatic carboxylic acids is 1. The number of carbonyl (C=O) groups is 3. The van der Waals surface area contributed by atoms with Crippen molar-refractivity contribution in [2.24, 2.45) is 11.8 Å². The minimum absolute atomic E-state index is 0.193. The number of carboxylic acids is 1. The number of rotatable bonds is 8. The standard InChI is InChI=1S/C28H25ClN2O4S/c29-19-13-15-20(16-14-19)30-27(33)25(18-7-2-1-3-8-18)36-22-10-6-9-21(17-22)31-26(32)23-11-4-5-12-24(23)28(34)35/h1-10,13-17,23-25H,11-12H2,(H,30,33)(H,31,32)(H,34,35). The van der Waals surface area contributed by atoms with Gasteiger partial charge in [0.15, 0.2) is 0 Å². The van der Waals surface area contributed by atoms with Crippen LogP contribution in [0.3, 0.4) is 0 Å². The summed E-state index contributed by atoms with van der Waals surface area (Å²) in [5, 5.41) is 15.3. The molecule has 0 fully saturated rings. The average Bonchev–Trinajstić information content (AvgIpc) is 2.89. The van der Waals surface area contributed by atoms with Crippen molar-refractivity contribution in [2.75, 3.05) is 10.6 Å². The average molecular weight is 521 g/mol. The fourth-order valence-electron chi connectivity index (χ4n) is 4.04. The van der Waals surface area contributed by atoms with Crippen LogP contribution in [-0.4, -0.2) is 22.9 Å². The van der Waals surface area contributed by atoms with Crippen molar-refractivity contribution in [3.8, 4) is 0 Å². The lowest BCUT2D eigenvalue weighted by molar-refractivity contribution is -0.146. The molecule has 0 spiro atoms. The van der Waals surface area contributed by atoms with Crippen LogP contribution in [0.4, 0.5) is 11.4 Å². The minimum atomic E-state index is -0.971. The maximum atomic E-state index is 13.3. The second-order valence-corrected chi connectivity index (χ2v) is 10.0. The molecule has 0 saturated carbocycles. The van der Waals surface area contributed by atoms with Crippen LogP contribution in [0.1, 0.15) is 23.7 Å². The zero-order valence-corrected chi connectivity index (χ0v) is 20.8. The number of hydrogen-bond donors (Lipinski definition) is 3. The number of anilines is 2. The van der Waals surface area contributed by atoms with Crippen molar-refractivity contribution < 1.29 is 19.5 Å². The number of carbonyl (C=O) groups excluding carboxylic acids is 2. The van der Waals surface area contributed by atoms with Gasteiger partial charge in [-0.1, -0.05) is 60.2 Å². The summed E-state index contributed by atoms with van der Waals surface area (Å²) in [6.07, 6.45) is 4.38. The third-order valence-corrected chi connectivity index (χ3v) is 7.39. The van der Waals surface area contributed by atoms with E-state index in [4.69, 9.17) is 11.6 Å². The molecule has 0 aliphatic heterocycles. The Labute approximate surface area is 218 Å². The Morgan fingerprint density at radius 3 is 2.22 bits per heavy atom. The zero-order chi connectivity index (χ0) is 25.5. The molecule has 6 nitrogen and oxygen atoms in total. The lowest BCUT2D eigenvalue weighted by Crippen LogP contribution is -2.34. The highest BCUT2D eigenvalue weighted by Gasteiger charge is 2.34. The third-order valence-electron chi connectivity index (χ3n) is 5.89. The van der Waals surface area contributed by atoms with Crippen LogP contribution in [0.2, 0.25) is 5.02 Å². The number of thioether (sulfide) groups is 1. The van der Waals surface area contributed by atoms with Crippen LogP contribution in [0.15, 0.2) is 95.9 Å². The van der Waals surface area contributed by atoms with Crippen molar-refractivity contribution in [1.29, 1.82) is 0 Å². The Morgan fingerprint density at radius 2 is 1.53 bits per heavy atom. The van der Waals surface area contributed by atoms with Gasteiger partial charge in [0.05, 0.1) is 11.8 Å². The molecule has 184 valence electrons. The number of amides is 2. The molecule has 3 aromatic carbocycles. The first-order chi connectivity index (χ1) is 17.4. The Kier molecular flexibility index (Phi) is 8.46. The quantitative estimate of drug-likeness (QED) is 0.235. The SMILES string of the molecule is O=C(Nc1ccc(Cl)cc1)C(Sc1cccc(NC(=O)C2CC=CCC2C(=O)O)c1)c1ccccc1. The number of halogens is 1. The van der Waals surface area contributed by atoms with Crippen molar-refractivity contribution in [1.82, 2.24) is 0 Å². The Hall–Kier alpha value is -3.55. The van der Waals surface area contributed by atoms with E-state index in [9.17, 15) is 19.5 Å². The molecular weight excluding hydrogens is 496 g/mol. The third kappa shape index (κ3) is 6.56. The molecule has 1 aliphatic carbocycles. The molecule has 3 N–H and O–H groups in total. The lowest BCUT2D eigenvalue weighted by Gasteiger charge is -2.24. The lowest BCUT2D eigenvalue weighted by atomic mass is 9.82. The summed E-state index contributed by atoms with van der Waals surface area (Å²) in [7, 11) is 0. The highest BCUT2D eigenvalue weighted by Crippen LogP contribution is 2.37. The van der Waals surface area contributed by atoms with Gasteiger partial charge < -0.3 is 15.7 Å². The molecule has 3 unspecified atom stereocenters. The van der Waals surface area contributed by atoms with E-state index in [1.165, 1.54) is 11.8 Å². The summed E-state index contributed by atoms with van der Waals surface area (Å²) < 4.78 is 0. The van der Waals surface area contributed by atoms with Gasteiger partial charge in [0.25, 0.3) is 0 Å². The summed E-state index contributed by atoms with van der Waals surface area (Å²) in [5.41, 5.74) is 2.02. The molecule has 4 rings (SSSR count). The highest BCUT2D eigenvalue weighted by atomic mass is 35.5. The second-order valence-electron chi connectivity index (χ2n) is 8.42. The molecule has 0 saturated heterocycles. The minimum Gasteiger partial charge on any atom is -0.481 e. The van der Waals surface area contributed by atoms with Crippen LogP contribution in [-0.2, 0) is 14.4 Å². The normalized spacial score (nSPS) is 17.7. The van der Waals surface area contributed by atoms with Gasteiger partial charge in [-0.2, -0.15) is 0 Å². The van der Waals surface area contributed by atoms with Crippen LogP contribution in [0, 0.1) is 11.8 Å². The fourth-order valence-corrected chi connectivity index (χ4v) is 5.25. The monoisotopic (exact) mass is 520 g/mol. The Morgan fingerprint density at radius 1 is 0.833 bits per heavy atom. The smallest absolute Gasteiger partial charge is 0.307 e. The van der Waals surface area contributed by atoms with E-state index < -0.39 is 23.1 Å². The van der Waals surface area contributed by atoms with Crippen LogP contribution in [0.25, 0.3) is 0 Å². The highest BCUT2D eigenvalue weighted by molar-refractivity contribution is 8.00. The van der Waals surface area contributed by atoms with E-state index in [-0.39, 0.29) is 11.8 Å². The van der Waals surface area contributed by atoms with Gasteiger partial charge in [-0.3, -0.25) is 14.4 Å². The number of allylic oxidation sites excluding steroid dienone is 2. The summed E-state index contributed by atoms with van der Waals surface area (Å²) in [6, 6.07) is 23.6. The summed E-state index contributed by atoms with van der Waals surface area (Å²) in [6.45, 7) is 0. The molecule has 0 aromatic heterocycles. The van der Waals surface area contributed by atoms with Crippen LogP contribution in [0.5, 0.6) is 0 Å². The molecule has 0 bridgehead atoms. The topological polar surface area (TPSA) is 95.5 Å². The van der Waals surface area contributed by atoms with Gasteiger partial charge in [0.1, 0.15) is 5.25 Å². The molecule has 3 atom stereocenters. The van der Waals surface area contributed by atoms with Gasteiger partial charge in [-0.05, 0) is 60.9 Å². The fraction of sp³-hybridized carbons (Fsp3) is 0.179. The Balaban J connectivity index is 1.51. The number of carboxylic acid groups (broad SMARTS) is 1. The number of nitrogens with one attached hydrogen (secondary N) is 2. The molecule has 0 heterocycles. The second kappa shape index (κ2) is 11.9. The van der Waals surface area contributed by atoms with E-state index >= 15 is 0 Å². The summed E-state index contributed by atoms with van der Waals surface area (Å²) in [5.74, 6) is -2.87. The maximum Gasteiger partial charge on any atom is 0.307 e. The predicted molar refractivity (Wildman–Crippen MR) is 143 cm³/mol. The largest absolute Gasteiger partial charge is 0.481 e. The van der Waals surface area contributed by atoms with Gasteiger partial charge in [-0.15, -0.1) is 11.8 Å². The van der Waals surface area contributed by atoms with Crippen molar-refractivity contribution in [3.05, 3.63) is 102 Å². The molecule has 3 aromatic rings. The first kappa shape index (κ1) is 25.5. The molecule has 1 aliphatic rings. The molecule has 36 heavy (non-hydrogen) atoms. The first-order valence-electron chi connectivity index (χ1n) is 11.5. The first-order valence-corrected chi connectivity index (χ1v) is 12.7. The molecule has 2 amide bonds. The molecule has 8 heteroatoms. The molecular formula is C28H25ClN2O4S. The zero-order valence-electron chi connectivity index (χ0n) is 19.3. The van der Waals surface area contributed by atoms with Crippen molar-refractivity contribution in [2.45, 2.75) is 23.0 Å². The van der Waals surface area contributed by atoms with Gasteiger partial charge >= 0.3 is 5.97 Å². The van der Waals surface area contributed by atoms with E-state index in [0.717, 1.165) is 10.5 Å². The van der Waals surface area contributed by atoms with E-state index in [2.05, 4.69) is 10.6 Å². The number of hydrogen-bond acceptors (Lipinski definition) is 4. The van der Waals surface area contributed by atoms with Crippen LogP contribution < -0.4 is 10.6 Å². The van der Waals surface area contributed by atoms with E-state index in [1.54, 1.807) is 48.5 Å². The maximum absolute atomic E-state index is 13.3.